The van der Waals surface area contributed by atoms with Gasteiger partial charge >= 0.3 is 0 Å². The van der Waals surface area contributed by atoms with Crippen molar-refractivity contribution in [1.82, 2.24) is 15.2 Å². The van der Waals surface area contributed by atoms with Crippen LogP contribution >= 0.6 is 11.3 Å². The summed E-state index contributed by atoms with van der Waals surface area (Å²) in [6.45, 7) is 6.67. The number of nitrogens with zero attached hydrogens (tertiary/aromatic N) is 2. The third-order valence-electron chi connectivity index (χ3n) is 4.33. The van der Waals surface area contributed by atoms with Crippen molar-refractivity contribution in [2.24, 2.45) is 0 Å². The molecule has 23 heavy (non-hydrogen) atoms. The highest BCUT2D eigenvalue weighted by atomic mass is 32.1. The van der Waals surface area contributed by atoms with Gasteiger partial charge in [-0.1, -0.05) is 24.3 Å². The van der Waals surface area contributed by atoms with E-state index >= 15 is 0 Å². The Morgan fingerprint density at radius 1 is 1.22 bits per heavy atom. The van der Waals surface area contributed by atoms with Crippen LogP contribution in [-0.4, -0.2) is 34.2 Å². The molecule has 0 aliphatic carbocycles. The van der Waals surface area contributed by atoms with Gasteiger partial charge in [0, 0.05) is 43.8 Å². The number of nitrogens with one attached hydrogen (secondary N) is 1. The maximum atomic E-state index is 9.63. The molecule has 5 heteroatoms. The Bertz CT molecular complexity index is 620. The minimum absolute atomic E-state index is 0.107. The number of aliphatic hydroxyl groups is 1. The van der Waals surface area contributed by atoms with Crippen LogP contribution in [0.5, 0.6) is 0 Å². The van der Waals surface area contributed by atoms with Crippen LogP contribution in [0.25, 0.3) is 0 Å². The molecule has 2 aromatic rings. The van der Waals surface area contributed by atoms with Crippen LogP contribution in [0.15, 0.2) is 29.6 Å². The van der Waals surface area contributed by atoms with Gasteiger partial charge in [-0.2, -0.15) is 0 Å². The Balaban J connectivity index is 1.54. The first-order chi connectivity index (χ1) is 11.2. The van der Waals surface area contributed by atoms with Gasteiger partial charge in [-0.05, 0) is 30.9 Å². The molecule has 1 aromatic carbocycles. The van der Waals surface area contributed by atoms with E-state index < -0.39 is 0 Å². The molecule has 0 atom stereocenters. The molecule has 1 aliphatic rings. The minimum atomic E-state index is -0.107. The first-order valence-corrected chi connectivity index (χ1v) is 9.17. The summed E-state index contributed by atoms with van der Waals surface area (Å²) in [5.41, 5.74) is 3.83. The van der Waals surface area contributed by atoms with E-state index in [1.165, 1.54) is 11.1 Å². The Labute approximate surface area is 142 Å². The van der Waals surface area contributed by atoms with Crippen molar-refractivity contribution in [2.45, 2.75) is 45.5 Å². The maximum Gasteiger partial charge on any atom is 0.107 e. The van der Waals surface area contributed by atoms with Gasteiger partial charge in [0.15, 0.2) is 0 Å². The molecule has 0 unspecified atom stereocenters. The topological polar surface area (TPSA) is 48.4 Å². The first kappa shape index (κ1) is 16.6. The van der Waals surface area contributed by atoms with Gasteiger partial charge in [-0.25, -0.2) is 4.98 Å². The molecule has 2 heterocycles. The number of piperidine rings is 1. The van der Waals surface area contributed by atoms with Crippen molar-refractivity contribution < 1.29 is 5.11 Å². The van der Waals surface area contributed by atoms with Crippen molar-refractivity contribution >= 4 is 11.3 Å². The number of hydrogen-bond acceptors (Lipinski definition) is 5. The average Bonchev–Trinajstić information content (AvgIpc) is 2.97. The molecule has 2 N–H and O–H groups in total. The summed E-state index contributed by atoms with van der Waals surface area (Å²) in [5.74, 6) is 0. The summed E-state index contributed by atoms with van der Waals surface area (Å²) in [6, 6.07) is 8.64. The molecule has 0 amide bonds. The molecule has 0 saturated carbocycles. The van der Waals surface area contributed by atoms with Gasteiger partial charge in [0.2, 0.25) is 0 Å². The zero-order valence-corrected chi connectivity index (χ0v) is 14.5. The second-order valence-corrected chi connectivity index (χ2v) is 7.20. The second-order valence-electron chi connectivity index (χ2n) is 6.26. The highest BCUT2D eigenvalue weighted by Gasteiger charge is 2.17. The normalized spacial score (nSPS) is 16.8. The van der Waals surface area contributed by atoms with E-state index in [0.717, 1.165) is 56.3 Å². The monoisotopic (exact) mass is 331 g/mol. The molecule has 0 radical (unpaired) electrons. The molecule has 0 bridgehead atoms. The van der Waals surface area contributed by atoms with Crippen LogP contribution in [0.4, 0.5) is 0 Å². The van der Waals surface area contributed by atoms with Crippen molar-refractivity contribution in [2.75, 3.05) is 13.1 Å². The second kappa shape index (κ2) is 8.02. The molecule has 1 aliphatic heterocycles. The van der Waals surface area contributed by atoms with E-state index in [-0.39, 0.29) is 6.10 Å². The molecule has 3 rings (SSSR count). The third-order valence-corrected chi connectivity index (χ3v) is 5.29. The molecule has 1 fully saturated rings. The van der Waals surface area contributed by atoms with Crippen LogP contribution in [0.3, 0.4) is 0 Å². The van der Waals surface area contributed by atoms with E-state index in [0.29, 0.717) is 0 Å². The van der Waals surface area contributed by atoms with E-state index in [1.807, 2.05) is 6.92 Å². The summed E-state index contributed by atoms with van der Waals surface area (Å²) >= 11 is 1.71. The van der Waals surface area contributed by atoms with E-state index in [1.54, 1.807) is 11.3 Å². The maximum absolute atomic E-state index is 9.63. The highest BCUT2D eigenvalue weighted by molar-refractivity contribution is 7.09. The van der Waals surface area contributed by atoms with Crippen molar-refractivity contribution in [3.8, 4) is 0 Å². The third kappa shape index (κ3) is 4.85. The molecule has 1 aromatic heterocycles. The number of benzene rings is 1. The fraction of sp³-hybridized carbons (Fsp3) is 0.500. The number of rotatable bonds is 6. The number of aryl methyl sites for hydroxylation is 1. The van der Waals surface area contributed by atoms with Crippen LogP contribution in [0, 0.1) is 6.92 Å². The molecule has 124 valence electrons. The van der Waals surface area contributed by atoms with Crippen LogP contribution in [0.2, 0.25) is 0 Å². The Hall–Kier alpha value is -1.27. The molecular weight excluding hydrogens is 306 g/mol. The first-order valence-electron chi connectivity index (χ1n) is 8.29. The van der Waals surface area contributed by atoms with Crippen LogP contribution in [-0.2, 0) is 19.6 Å². The molecule has 0 spiro atoms. The summed E-state index contributed by atoms with van der Waals surface area (Å²) in [7, 11) is 0. The van der Waals surface area contributed by atoms with Gasteiger partial charge < -0.3 is 10.4 Å². The van der Waals surface area contributed by atoms with E-state index in [2.05, 4.69) is 44.8 Å². The van der Waals surface area contributed by atoms with Gasteiger partial charge in [-0.15, -0.1) is 11.3 Å². The quantitative estimate of drug-likeness (QED) is 0.854. The Morgan fingerprint density at radius 3 is 2.65 bits per heavy atom. The van der Waals surface area contributed by atoms with Crippen LogP contribution in [0.1, 0.15) is 34.7 Å². The SMILES string of the molecule is Cc1csc(CNCc2ccccc2CN2CCC(O)CC2)n1. The lowest BCUT2D eigenvalue weighted by atomic mass is 10.0. The largest absolute Gasteiger partial charge is 0.393 e. The zero-order chi connectivity index (χ0) is 16.1. The summed E-state index contributed by atoms with van der Waals surface area (Å²) in [4.78, 5) is 6.93. The van der Waals surface area contributed by atoms with E-state index in [4.69, 9.17) is 0 Å². The minimum Gasteiger partial charge on any atom is -0.393 e. The number of thiazole rings is 1. The predicted octanol–water partition coefficient (Wildman–Crippen LogP) is 2.70. The summed E-state index contributed by atoms with van der Waals surface area (Å²) < 4.78 is 0. The standard InChI is InChI=1S/C18H25N3OS/c1-14-13-23-18(20-14)11-19-10-15-4-2-3-5-16(15)12-21-8-6-17(22)7-9-21/h2-5,13,17,19,22H,6-12H2,1H3. The molecule has 4 nitrogen and oxygen atoms in total. The lowest BCUT2D eigenvalue weighted by Crippen LogP contribution is -2.35. The van der Waals surface area contributed by atoms with Gasteiger partial charge in [0.05, 0.1) is 6.10 Å². The number of likely N-dealkylation sites (tertiary alicyclic amines) is 1. The highest BCUT2D eigenvalue weighted by Crippen LogP contribution is 2.17. The van der Waals surface area contributed by atoms with Crippen molar-refractivity contribution in [3.63, 3.8) is 0 Å². The van der Waals surface area contributed by atoms with E-state index in [9.17, 15) is 5.11 Å². The lowest BCUT2D eigenvalue weighted by Gasteiger charge is -2.30. The molecular formula is C18H25N3OS. The zero-order valence-electron chi connectivity index (χ0n) is 13.7. The van der Waals surface area contributed by atoms with Crippen molar-refractivity contribution in [1.29, 1.82) is 0 Å². The summed E-state index contributed by atoms with van der Waals surface area (Å²) in [6.07, 6.45) is 1.68. The Morgan fingerprint density at radius 2 is 1.96 bits per heavy atom. The summed E-state index contributed by atoms with van der Waals surface area (Å²) in [5, 5.41) is 16.4. The Kier molecular flexibility index (Phi) is 5.78. The van der Waals surface area contributed by atoms with Gasteiger partial charge in [-0.3, -0.25) is 4.90 Å². The van der Waals surface area contributed by atoms with Gasteiger partial charge in [0.1, 0.15) is 5.01 Å². The van der Waals surface area contributed by atoms with Gasteiger partial charge in [0.25, 0.3) is 0 Å². The fourth-order valence-electron chi connectivity index (χ4n) is 2.99. The molecule has 1 saturated heterocycles. The smallest absolute Gasteiger partial charge is 0.107 e. The fourth-order valence-corrected chi connectivity index (χ4v) is 3.73. The number of aliphatic hydroxyl groups excluding tert-OH is 1. The van der Waals surface area contributed by atoms with Crippen molar-refractivity contribution in [3.05, 3.63) is 51.5 Å². The number of hydrogen-bond donors (Lipinski definition) is 2. The van der Waals surface area contributed by atoms with Crippen LogP contribution < -0.4 is 5.32 Å². The predicted molar refractivity (Wildman–Crippen MR) is 94.4 cm³/mol. The lowest BCUT2D eigenvalue weighted by molar-refractivity contribution is 0.0791. The average molecular weight is 331 g/mol. The number of aromatic nitrogens is 1.